The van der Waals surface area contributed by atoms with Gasteiger partial charge in [-0.3, -0.25) is 5.43 Å². The second kappa shape index (κ2) is 24.1. The second-order valence-electron chi connectivity index (χ2n) is 13.0. The number of carbonyl (C=O) groups excluding carboxylic acids is 4. The van der Waals surface area contributed by atoms with Gasteiger partial charge in [-0.05, 0) is 130 Å². The van der Waals surface area contributed by atoms with E-state index in [1.807, 2.05) is 6.07 Å². The van der Waals surface area contributed by atoms with Crippen molar-refractivity contribution in [1.29, 1.82) is 0 Å². The normalized spacial score (nSPS) is 10.8. The molecule has 312 valence electrons. The number of unbranched alkanes of at least 4 members (excludes halogenated alkanes) is 6. The molecule has 0 bridgehead atoms. The molecule has 0 fully saturated rings. The van der Waals surface area contributed by atoms with Crippen LogP contribution in [0.2, 0.25) is 0 Å². The van der Waals surface area contributed by atoms with Crippen molar-refractivity contribution in [2.75, 3.05) is 31.9 Å². The highest BCUT2D eigenvalue weighted by Crippen LogP contribution is 2.27. The number of pyridine rings is 1. The van der Waals surface area contributed by atoms with Crippen molar-refractivity contribution in [2.45, 2.75) is 51.4 Å². The van der Waals surface area contributed by atoms with Crippen molar-refractivity contribution < 1.29 is 47.6 Å². The van der Waals surface area contributed by atoms with E-state index in [9.17, 15) is 19.2 Å². The maximum atomic E-state index is 13.3. The number of esters is 4. The van der Waals surface area contributed by atoms with Crippen molar-refractivity contribution >= 4 is 56.9 Å². The number of hydrazone groups is 1. The van der Waals surface area contributed by atoms with Crippen molar-refractivity contribution in [1.82, 2.24) is 9.97 Å². The van der Waals surface area contributed by atoms with Crippen molar-refractivity contribution in [3.8, 4) is 23.0 Å². The number of benzene rings is 3. The van der Waals surface area contributed by atoms with Crippen LogP contribution in [0.25, 0.3) is 10.3 Å². The van der Waals surface area contributed by atoms with E-state index in [4.69, 9.17) is 28.4 Å². The summed E-state index contributed by atoms with van der Waals surface area (Å²) in [6.07, 6.45) is 12.2. The molecule has 0 unspecified atom stereocenters. The summed E-state index contributed by atoms with van der Waals surface area (Å²) in [5.74, 6) is -0.452. The number of nitrogens with zero attached hydrogens (tertiary/aromatic N) is 3. The number of ether oxygens (including phenoxy) is 6. The van der Waals surface area contributed by atoms with Gasteiger partial charge in [0.05, 0.1) is 43.8 Å². The molecular weight excluding hydrogens is 789 g/mol. The lowest BCUT2D eigenvalue weighted by molar-refractivity contribution is -0.138. The molecule has 5 aromatic rings. The number of aromatic nitrogens is 2. The van der Waals surface area contributed by atoms with E-state index in [0.717, 1.165) is 73.9 Å². The highest BCUT2D eigenvalue weighted by Gasteiger charge is 2.15. The first kappa shape index (κ1) is 44.2. The Balaban J connectivity index is 1.15. The number of hydrogen-bond donors (Lipinski definition) is 1. The van der Waals surface area contributed by atoms with Crippen LogP contribution >= 0.6 is 11.3 Å². The van der Waals surface area contributed by atoms with E-state index in [0.29, 0.717) is 59.7 Å². The molecule has 0 aliphatic heterocycles. The molecule has 2 heterocycles. The second-order valence-corrected chi connectivity index (χ2v) is 14.0. The van der Waals surface area contributed by atoms with Crippen LogP contribution < -0.4 is 24.4 Å². The zero-order valence-electron chi connectivity index (χ0n) is 33.0. The standard InChI is InChI=1S/C45H46N4O10S/c1-3-40(50)56-28-11-7-5-9-26-54-35-19-15-32(16-20-35)43(52)58-37-23-24-39(34(30-37)31-47-49-45-48-38-14-13-25-46-42(38)60-45)59-44(53)33-17-21-36(22-18-33)55-27-10-6-8-12-29-57-41(51)4-2/h3-4,13-25,30-31H,1-2,5-12,26-29H2,(H,48,49)/b47-31+. The minimum absolute atomic E-state index is 0.175. The Morgan fingerprint density at radius 3 is 1.73 bits per heavy atom. The lowest BCUT2D eigenvalue weighted by Crippen LogP contribution is -2.11. The van der Waals surface area contributed by atoms with Crippen LogP contribution in [0.15, 0.2) is 115 Å². The number of anilines is 1. The lowest BCUT2D eigenvalue weighted by Gasteiger charge is -2.11. The van der Waals surface area contributed by atoms with Gasteiger partial charge in [0.2, 0.25) is 5.13 Å². The van der Waals surface area contributed by atoms with Gasteiger partial charge < -0.3 is 28.4 Å². The van der Waals surface area contributed by atoms with E-state index in [-0.39, 0.29) is 11.5 Å². The van der Waals surface area contributed by atoms with Crippen LogP contribution in [0, 0.1) is 0 Å². The minimum Gasteiger partial charge on any atom is -0.494 e. The first-order valence-corrected chi connectivity index (χ1v) is 20.3. The fourth-order valence-electron chi connectivity index (χ4n) is 5.42. The lowest BCUT2D eigenvalue weighted by atomic mass is 10.2. The maximum absolute atomic E-state index is 13.3. The molecule has 1 N–H and O–H groups in total. The Morgan fingerprint density at radius 2 is 1.18 bits per heavy atom. The maximum Gasteiger partial charge on any atom is 0.343 e. The Bertz CT molecular complexity index is 2210. The van der Waals surface area contributed by atoms with E-state index in [1.54, 1.807) is 60.8 Å². The molecule has 3 aromatic carbocycles. The number of thiazole rings is 1. The van der Waals surface area contributed by atoms with Crippen LogP contribution in [0.3, 0.4) is 0 Å². The summed E-state index contributed by atoms with van der Waals surface area (Å²) in [6.45, 7) is 8.48. The van der Waals surface area contributed by atoms with Gasteiger partial charge in [-0.25, -0.2) is 29.1 Å². The third-order valence-electron chi connectivity index (χ3n) is 8.54. The molecule has 2 aromatic heterocycles. The molecule has 0 radical (unpaired) electrons. The fraction of sp³-hybridized carbons (Fsp3) is 0.267. The van der Waals surface area contributed by atoms with Crippen LogP contribution in [0.1, 0.15) is 77.6 Å². The number of nitrogens with one attached hydrogen (secondary N) is 1. The van der Waals surface area contributed by atoms with Gasteiger partial charge in [0, 0.05) is 23.9 Å². The van der Waals surface area contributed by atoms with Gasteiger partial charge in [-0.1, -0.05) is 24.5 Å². The molecule has 0 spiro atoms. The minimum atomic E-state index is -0.614. The SMILES string of the molecule is C=CC(=O)OCCCCCCOc1ccc(C(=O)Oc2ccc(OC(=O)c3ccc(OCCCCCCOC(=O)C=C)cc3)c(/C=N/Nc3nc4cccnc4s3)c2)cc1. The van der Waals surface area contributed by atoms with Crippen LogP contribution in [-0.4, -0.2) is 66.5 Å². The fourth-order valence-corrected chi connectivity index (χ4v) is 6.17. The summed E-state index contributed by atoms with van der Waals surface area (Å²) >= 11 is 1.32. The van der Waals surface area contributed by atoms with Gasteiger partial charge in [-0.15, -0.1) is 0 Å². The van der Waals surface area contributed by atoms with E-state index >= 15 is 0 Å². The highest BCUT2D eigenvalue weighted by molar-refractivity contribution is 7.21. The third kappa shape index (κ3) is 14.8. The molecule has 0 atom stereocenters. The molecule has 0 saturated heterocycles. The quantitative estimate of drug-likeness (QED) is 0.0148. The molecule has 0 saturated carbocycles. The summed E-state index contributed by atoms with van der Waals surface area (Å²) < 4.78 is 33.1. The summed E-state index contributed by atoms with van der Waals surface area (Å²) in [5, 5.41) is 4.82. The van der Waals surface area contributed by atoms with Gasteiger partial charge in [0.25, 0.3) is 0 Å². The Kier molecular flexibility index (Phi) is 17.8. The molecule has 5 rings (SSSR count). The third-order valence-corrected chi connectivity index (χ3v) is 9.43. The zero-order valence-corrected chi connectivity index (χ0v) is 33.9. The number of carbonyl (C=O) groups is 4. The van der Waals surface area contributed by atoms with Crippen molar-refractivity contribution in [3.05, 3.63) is 127 Å². The van der Waals surface area contributed by atoms with Gasteiger partial charge in [0.15, 0.2) is 0 Å². The molecule has 0 aliphatic rings. The first-order valence-electron chi connectivity index (χ1n) is 19.4. The summed E-state index contributed by atoms with van der Waals surface area (Å²) in [4.78, 5) is 58.1. The summed E-state index contributed by atoms with van der Waals surface area (Å²) in [6, 6.07) is 21.5. The first-order chi connectivity index (χ1) is 29.3. The number of fused-ring (bicyclic) bond motifs is 1. The highest BCUT2D eigenvalue weighted by atomic mass is 32.1. The summed E-state index contributed by atoms with van der Waals surface area (Å²) in [7, 11) is 0. The van der Waals surface area contributed by atoms with Gasteiger partial charge in [0.1, 0.15) is 33.3 Å². The predicted molar refractivity (Wildman–Crippen MR) is 228 cm³/mol. The zero-order chi connectivity index (χ0) is 42.4. The Labute approximate surface area is 351 Å². The van der Waals surface area contributed by atoms with Gasteiger partial charge >= 0.3 is 23.9 Å². The van der Waals surface area contributed by atoms with Crippen LogP contribution in [0.5, 0.6) is 23.0 Å². The average Bonchev–Trinajstić information content (AvgIpc) is 3.69. The molecule has 0 amide bonds. The van der Waals surface area contributed by atoms with Crippen molar-refractivity contribution in [2.24, 2.45) is 5.10 Å². The molecular formula is C45H46N4O10S. The smallest absolute Gasteiger partial charge is 0.343 e. The van der Waals surface area contributed by atoms with E-state index < -0.39 is 23.9 Å². The van der Waals surface area contributed by atoms with Crippen LogP contribution in [-0.2, 0) is 19.1 Å². The average molecular weight is 835 g/mol. The van der Waals surface area contributed by atoms with E-state index in [1.165, 1.54) is 35.8 Å². The van der Waals surface area contributed by atoms with Gasteiger partial charge in [-0.2, -0.15) is 5.10 Å². The number of rotatable bonds is 25. The predicted octanol–water partition coefficient (Wildman–Crippen LogP) is 8.91. The van der Waals surface area contributed by atoms with Crippen LogP contribution in [0.4, 0.5) is 5.13 Å². The monoisotopic (exact) mass is 834 g/mol. The van der Waals surface area contributed by atoms with Crippen molar-refractivity contribution in [3.63, 3.8) is 0 Å². The number of hydrogen-bond acceptors (Lipinski definition) is 15. The summed E-state index contributed by atoms with van der Waals surface area (Å²) in [5.41, 5.74) is 4.56. The molecule has 15 heteroatoms. The topological polar surface area (TPSA) is 174 Å². The Hall–Kier alpha value is -6.87. The Morgan fingerprint density at radius 1 is 0.650 bits per heavy atom. The molecule has 60 heavy (non-hydrogen) atoms. The largest absolute Gasteiger partial charge is 0.494 e. The van der Waals surface area contributed by atoms with E-state index in [2.05, 4.69) is 33.7 Å². The molecule has 14 nitrogen and oxygen atoms in total. The molecule has 0 aliphatic carbocycles.